The first-order valence-corrected chi connectivity index (χ1v) is 5.46. The third-order valence-electron chi connectivity index (χ3n) is 3.20. The van der Waals surface area contributed by atoms with Gasteiger partial charge in [0, 0.05) is 6.61 Å². The quantitative estimate of drug-likeness (QED) is 0.728. The lowest BCUT2D eigenvalue weighted by Crippen LogP contribution is -2.53. The summed E-state index contributed by atoms with van der Waals surface area (Å²) in [6, 6.07) is 0. The van der Waals surface area contributed by atoms with E-state index in [9.17, 15) is 9.90 Å². The van der Waals surface area contributed by atoms with Gasteiger partial charge in [-0.05, 0) is 34.1 Å². The molecule has 0 bridgehead atoms. The average molecular weight is 215 g/mol. The fraction of sp³-hybridized carbons (Fsp3) is 0.909. The van der Waals surface area contributed by atoms with Gasteiger partial charge in [-0.3, -0.25) is 4.79 Å². The van der Waals surface area contributed by atoms with Crippen LogP contribution < -0.4 is 5.32 Å². The summed E-state index contributed by atoms with van der Waals surface area (Å²) < 4.78 is 5.34. The van der Waals surface area contributed by atoms with E-state index in [1.54, 1.807) is 6.92 Å². The second-order valence-electron chi connectivity index (χ2n) is 4.86. The van der Waals surface area contributed by atoms with Crippen molar-refractivity contribution in [1.29, 1.82) is 0 Å². The molecule has 1 heterocycles. The van der Waals surface area contributed by atoms with Gasteiger partial charge in [-0.15, -0.1) is 0 Å². The van der Waals surface area contributed by atoms with Gasteiger partial charge in [0.15, 0.2) is 0 Å². The van der Waals surface area contributed by atoms with E-state index in [4.69, 9.17) is 4.74 Å². The summed E-state index contributed by atoms with van der Waals surface area (Å²) in [5, 5.41) is 12.4. The van der Waals surface area contributed by atoms with Crippen LogP contribution in [-0.2, 0) is 9.53 Å². The van der Waals surface area contributed by atoms with Crippen LogP contribution in [0.5, 0.6) is 0 Å². The highest BCUT2D eigenvalue weighted by molar-refractivity contribution is 5.80. The smallest absolute Gasteiger partial charge is 0.226 e. The fourth-order valence-electron chi connectivity index (χ4n) is 1.59. The summed E-state index contributed by atoms with van der Waals surface area (Å²) in [4.78, 5) is 11.9. The van der Waals surface area contributed by atoms with Gasteiger partial charge in [0.1, 0.15) is 0 Å². The van der Waals surface area contributed by atoms with Gasteiger partial charge < -0.3 is 15.2 Å². The molecule has 0 aromatic rings. The van der Waals surface area contributed by atoms with Gasteiger partial charge >= 0.3 is 0 Å². The van der Waals surface area contributed by atoms with Crippen molar-refractivity contribution in [1.82, 2.24) is 5.32 Å². The molecule has 4 heteroatoms. The molecule has 1 fully saturated rings. The number of rotatable bonds is 3. The Bertz CT molecular complexity index is 238. The number of hydrogen-bond acceptors (Lipinski definition) is 3. The van der Waals surface area contributed by atoms with Crippen LogP contribution in [0.15, 0.2) is 0 Å². The van der Waals surface area contributed by atoms with Crippen LogP contribution in [0, 0.1) is 5.92 Å². The number of carbonyl (C=O) groups excluding carboxylic acids is 1. The van der Waals surface area contributed by atoms with Crippen LogP contribution in [0.3, 0.4) is 0 Å². The van der Waals surface area contributed by atoms with Crippen molar-refractivity contribution >= 4 is 5.91 Å². The summed E-state index contributed by atoms with van der Waals surface area (Å²) in [7, 11) is 0. The van der Waals surface area contributed by atoms with Crippen LogP contribution >= 0.6 is 0 Å². The molecule has 0 aromatic heterocycles. The van der Waals surface area contributed by atoms with Crippen molar-refractivity contribution in [2.75, 3.05) is 6.61 Å². The molecule has 0 saturated carbocycles. The van der Waals surface area contributed by atoms with Crippen LogP contribution in [0.25, 0.3) is 0 Å². The van der Waals surface area contributed by atoms with Crippen molar-refractivity contribution in [2.45, 2.75) is 51.9 Å². The molecule has 1 saturated heterocycles. The predicted octanol–water partition coefficient (Wildman–Crippen LogP) is 0.687. The Labute approximate surface area is 91.0 Å². The number of ether oxygens (including phenoxy) is 1. The minimum Gasteiger partial charge on any atom is -0.391 e. The molecule has 0 radical (unpaired) electrons. The lowest BCUT2D eigenvalue weighted by molar-refractivity contribution is -0.129. The van der Waals surface area contributed by atoms with Crippen molar-refractivity contribution in [3.05, 3.63) is 0 Å². The molecule has 2 N–H and O–H groups in total. The molecule has 0 aromatic carbocycles. The zero-order valence-electron chi connectivity index (χ0n) is 9.91. The monoisotopic (exact) mass is 215 g/mol. The standard InChI is InChI=1S/C11H21NO3/c1-7-9(5-6-15-7)10(14)12-11(3,4)8(2)13/h7-9,13H,5-6H2,1-4H3,(H,12,14). The highest BCUT2D eigenvalue weighted by Crippen LogP contribution is 2.21. The van der Waals surface area contributed by atoms with Gasteiger partial charge in [-0.1, -0.05) is 0 Å². The van der Waals surface area contributed by atoms with Crippen LogP contribution in [-0.4, -0.2) is 35.4 Å². The second kappa shape index (κ2) is 4.49. The number of aliphatic hydroxyl groups excluding tert-OH is 1. The first-order valence-electron chi connectivity index (χ1n) is 5.46. The van der Waals surface area contributed by atoms with Crippen molar-refractivity contribution < 1.29 is 14.6 Å². The number of nitrogens with one attached hydrogen (secondary N) is 1. The summed E-state index contributed by atoms with van der Waals surface area (Å²) in [5.74, 6) is -0.103. The largest absolute Gasteiger partial charge is 0.391 e. The zero-order chi connectivity index (χ0) is 11.6. The molecule has 1 rings (SSSR count). The molecule has 88 valence electrons. The van der Waals surface area contributed by atoms with Gasteiger partial charge in [0.05, 0.1) is 23.7 Å². The molecule has 0 aliphatic carbocycles. The molecule has 15 heavy (non-hydrogen) atoms. The first kappa shape index (κ1) is 12.5. The van der Waals surface area contributed by atoms with E-state index in [1.807, 2.05) is 20.8 Å². The van der Waals surface area contributed by atoms with E-state index >= 15 is 0 Å². The molecular formula is C11H21NO3. The Morgan fingerprint density at radius 3 is 2.60 bits per heavy atom. The van der Waals surface area contributed by atoms with Crippen LogP contribution in [0.1, 0.15) is 34.1 Å². The third-order valence-corrected chi connectivity index (χ3v) is 3.20. The average Bonchev–Trinajstić information content (AvgIpc) is 2.50. The zero-order valence-corrected chi connectivity index (χ0v) is 9.91. The third kappa shape index (κ3) is 2.92. The number of carbonyl (C=O) groups is 1. The van der Waals surface area contributed by atoms with Crippen molar-refractivity contribution in [2.24, 2.45) is 5.92 Å². The Morgan fingerprint density at radius 1 is 1.60 bits per heavy atom. The normalized spacial score (nSPS) is 28.9. The minimum atomic E-state index is -0.584. The minimum absolute atomic E-state index is 0.0187. The molecule has 4 nitrogen and oxygen atoms in total. The molecular weight excluding hydrogens is 194 g/mol. The van der Waals surface area contributed by atoms with Gasteiger partial charge in [-0.25, -0.2) is 0 Å². The number of amides is 1. The lowest BCUT2D eigenvalue weighted by atomic mass is 9.95. The summed E-state index contributed by atoms with van der Waals surface area (Å²) in [5.41, 5.74) is -0.584. The summed E-state index contributed by atoms with van der Waals surface area (Å²) >= 11 is 0. The maximum absolute atomic E-state index is 11.9. The SMILES string of the molecule is CC1OCCC1C(=O)NC(C)(C)C(C)O. The van der Waals surface area contributed by atoms with E-state index in [-0.39, 0.29) is 17.9 Å². The Morgan fingerprint density at radius 2 is 2.20 bits per heavy atom. The highest BCUT2D eigenvalue weighted by Gasteiger charge is 2.35. The Kier molecular flexibility index (Phi) is 3.73. The number of aliphatic hydroxyl groups is 1. The van der Waals surface area contributed by atoms with E-state index < -0.39 is 11.6 Å². The topological polar surface area (TPSA) is 58.6 Å². The molecule has 1 aliphatic rings. The molecule has 0 spiro atoms. The van der Waals surface area contributed by atoms with Gasteiger partial charge in [0.25, 0.3) is 0 Å². The van der Waals surface area contributed by atoms with Crippen LogP contribution in [0.4, 0.5) is 0 Å². The van der Waals surface area contributed by atoms with Gasteiger partial charge in [0.2, 0.25) is 5.91 Å². The van der Waals surface area contributed by atoms with Crippen molar-refractivity contribution in [3.63, 3.8) is 0 Å². The summed E-state index contributed by atoms with van der Waals surface area (Å²) in [6.07, 6.45) is 0.178. The van der Waals surface area contributed by atoms with E-state index in [0.717, 1.165) is 6.42 Å². The highest BCUT2D eigenvalue weighted by atomic mass is 16.5. The predicted molar refractivity (Wildman–Crippen MR) is 57.4 cm³/mol. The fourth-order valence-corrected chi connectivity index (χ4v) is 1.59. The molecule has 1 amide bonds. The van der Waals surface area contributed by atoms with E-state index in [0.29, 0.717) is 6.61 Å². The maximum Gasteiger partial charge on any atom is 0.226 e. The Hall–Kier alpha value is -0.610. The van der Waals surface area contributed by atoms with Gasteiger partial charge in [-0.2, -0.15) is 0 Å². The van der Waals surface area contributed by atoms with E-state index in [1.165, 1.54) is 0 Å². The van der Waals surface area contributed by atoms with Crippen molar-refractivity contribution in [3.8, 4) is 0 Å². The summed E-state index contributed by atoms with van der Waals surface area (Å²) in [6.45, 7) is 7.86. The second-order valence-corrected chi connectivity index (χ2v) is 4.86. The maximum atomic E-state index is 11.9. The molecule has 3 atom stereocenters. The first-order chi connectivity index (χ1) is 6.84. The van der Waals surface area contributed by atoms with Crippen LogP contribution in [0.2, 0.25) is 0 Å². The number of hydrogen-bond donors (Lipinski definition) is 2. The lowest BCUT2D eigenvalue weighted by Gasteiger charge is -2.31. The van der Waals surface area contributed by atoms with E-state index in [2.05, 4.69) is 5.32 Å². The molecule has 3 unspecified atom stereocenters. The Balaban J connectivity index is 2.55. The molecule has 1 aliphatic heterocycles.